The van der Waals surface area contributed by atoms with Crippen molar-refractivity contribution in [2.24, 2.45) is 0 Å². The Kier molecular flexibility index (Phi) is 4.61. The Labute approximate surface area is 157 Å². The Morgan fingerprint density at radius 1 is 0.889 bits per heavy atom. The quantitative estimate of drug-likeness (QED) is 0.730. The number of fused-ring (bicyclic) bond motifs is 1. The summed E-state index contributed by atoms with van der Waals surface area (Å²) >= 11 is 0. The SMILES string of the molecule is Cc1ccc(Nc2cncc(C(=O)Nc3ccc4c(c3)OCCO4)c2)cc1. The zero-order chi connectivity index (χ0) is 18.6. The number of ether oxygens (including phenoxy) is 2. The van der Waals surface area contributed by atoms with Crippen molar-refractivity contribution in [2.45, 2.75) is 6.92 Å². The third-order valence-corrected chi connectivity index (χ3v) is 4.14. The van der Waals surface area contributed by atoms with E-state index in [9.17, 15) is 4.79 Å². The van der Waals surface area contributed by atoms with E-state index in [1.165, 1.54) is 11.8 Å². The average molecular weight is 361 g/mol. The highest BCUT2D eigenvalue weighted by Gasteiger charge is 2.14. The van der Waals surface area contributed by atoms with Gasteiger partial charge in [-0.1, -0.05) is 17.7 Å². The Hall–Kier alpha value is -3.54. The van der Waals surface area contributed by atoms with Gasteiger partial charge in [-0.2, -0.15) is 0 Å². The van der Waals surface area contributed by atoms with E-state index < -0.39 is 0 Å². The summed E-state index contributed by atoms with van der Waals surface area (Å²) in [6.07, 6.45) is 3.22. The van der Waals surface area contributed by atoms with Gasteiger partial charge in [-0.15, -0.1) is 0 Å². The zero-order valence-electron chi connectivity index (χ0n) is 14.9. The number of hydrogen-bond donors (Lipinski definition) is 2. The molecule has 3 aromatic rings. The number of hydrogen-bond acceptors (Lipinski definition) is 5. The molecular weight excluding hydrogens is 342 g/mol. The van der Waals surface area contributed by atoms with Gasteiger partial charge in [0, 0.05) is 23.6 Å². The van der Waals surface area contributed by atoms with Crippen molar-refractivity contribution >= 4 is 23.0 Å². The fourth-order valence-electron chi connectivity index (χ4n) is 2.76. The van der Waals surface area contributed by atoms with Crippen LogP contribution < -0.4 is 20.1 Å². The van der Waals surface area contributed by atoms with E-state index in [1.807, 2.05) is 31.2 Å². The first kappa shape index (κ1) is 16.9. The molecule has 0 atom stereocenters. The summed E-state index contributed by atoms with van der Waals surface area (Å²) < 4.78 is 11.0. The van der Waals surface area contributed by atoms with Crippen molar-refractivity contribution < 1.29 is 14.3 Å². The number of aryl methyl sites for hydroxylation is 1. The summed E-state index contributed by atoms with van der Waals surface area (Å²) in [4.78, 5) is 16.7. The van der Waals surface area contributed by atoms with Crippen molar-refractivity contribution in [3.05, 3.63) is 72.1 Å². The van der Waals surface area contributed by atoms with Gasteiger partial charge in [-0.05, 0) is 37.3 Å². The highest BCUT2D eigenvalue weighted by Crippen LogP contribution is 2.32. The van der Waals surface area contributed by atoms with Crippen molar-refractivity contribution in [3.8, 4) is 11.5 Å². The smallest absolute Gasteiger partial charge is 0.257 e. The highest BCUT2D eigenvalue weighted by atomic mass is 16.6. The summed E-state index contributed by atoms with van der Waals surface area (Å²) in [6, 6.07) is 15.1. The van der Waals surface area contributed by atoms with Gasteiger partial charge in [0.15, 0.2) is 11.5 Å². The van der Waals surface area contributed by atoms with Gasteiger partial charge in [0.2, 0.25) is 0 Å². The summed E-state index contributed by atoms with van der Waals surface area (Å²) in [5, 5.41) is 6.12. The molecule has 1 amide bonds. The molecule has 2 N–H and O–H groups in total. The second-order valence-electron chi connectivity index (χ2n) is 6.27. The zero-order valence-corrected chi connectivity index (χ0v) is 14.9. The molecule has 1 aliphatic heterocycles. The lowest BCUT2D eigenvalue weighted by molar-refractivity contribution is 0.102. The molecule has 6 nitrogen and oxygen atoms in total. The van der Waals surface area contributed by atoms with Crippen LogP contribution in [0.2, 0.25) is 0 Å². The van der Waals surface area contributed by atoms with E-state index in [-0.39, 0.29) is 5.91 Å². The molecule has 136 valence electrons. The monoisotopic (exact) mass is 361 g/mol. The Morgan fingerprint density at radius 3 is 2.44 bits per heavy atom. The summed E-state index contributed by atoms with van der Waals surface area (Å²) in [6.45, 7) is 3.07. The topological polar surface area (TPSA) is 72.5 Å². The number of anilines is 3. The summed E-state index contributed by atoms with van der Waals surface area (Å²) in [7, 11) is 0. The van der Waals surface area contributed by atoms with Gasteiger partial charge < -0.3 is 20.1 Å². The van der Waals surface area contributed by atoms with Crippen LogP contribution in [0.25, 0.3) is 0 Å². The maximum atomic E-state index is 12.6. The van der Waals surface area contributed by atoms with E-state index in [1.54, 1.807) is 30.5 Å². The minimum absolute atomic E-state index is 0.244. The maximum absolute atomic E-state index is 12.6. The molecule has 0 aliphatic carbocycles. The molecule has 2 heterocycles. The van der Waals surface area contributed by atoms with Crippen molar-refractivity contribution in [1.29, 1.82) is 0 Å². The summed E-state index contributed by atoms with van der Waals surface area (Å²) in [5.41, 5.74) is 3.97. The van der Waals surface area contributed by atoms with Crippen molar-refractivity contribution in [2.75, 3.05) is 23.8 Å². The molecule has 0 saturated carbocycles. The second kappa shape index (κ2) is 7.37. The normalized spacial score (nSPS) is 12.3. The van der Waals surface area contributed by atoms with Crippen LogP contribution in [-0.2, 0) is 0 Å². The molecule has 1 aromatic heterocycles. The molecule has 27 heavy (non-hydrogen) atoms. The van der Waals surface area contributed by atoms with Gasteiger partial charge in [-0.3, -0.25) is 9.78 Å². The molecule has 4 rings (SSSR count). The molecular formula is C21H19N3O3. The molecule has 0 unspecified atom stereocenters. The number of rotatable bonds is 4. The summed E-state index contributed by atoms with van der Waals surface area (Å²) in [5.74, 6) is 1.07. The van der Waals surface area contributed by atoms with Gasteiger partial charge in [0.25, 0.3) is 5.91 Å². The lowest BCUT2D eigenvalue weighted by Gasteiger charge is -2.19. The lowest BCUT2D eigenvalue weighted by Crippen LogP contribution is -2.16. The predicted molar refractivity (Wildman–Crippen MR) is 104 cm³/mol. The lowest BCUT2D eigenvalue weighted by atomic mass is 10.2. The van der Waals surface area contributed by atoms with Crippen LogP contribution in [0.4, 0.5) is 17.1 Å². The fourth-order valence-corrected chi connectivity index (χ4v) is 2.76. The standard InChI is InChI=1S/C21H19N3O3/c1-14-2-4-16(5-3-14)23-18-10-15(12-22-13-18)21(25)24-17-6-7-19-20(11-17)27-9-8-26-19/h2-7,10-13,23H,8-9H2,1H3,(H,24,25). The molecule has 0 spiro atoms. The van der Waals surface area contributed by atoms with E-state index in [0.29, 0.717) is 36.0 Å². The van der Waals surface area contributed by atoms with Gasteiger partial charge >= 0.3 is 0 Å². The number of amides is 1. The van der Waals surface area contributed by atoms with Crippen molar-refractivity contribution in [1.82, 2.24) is 4.98 Å². The Morgan fingerprint density at radius 2 is 1.63 bits per heavy atom. The number of nitrogens with one attached hydrogen (secondary N) is 2. The van der Waals surface area contributed by atoms with Crippen LogP contribution in [0.5, 0.6) is 11.5 Å². The number of pyridine rings is 1. The van der Waals surface area contributed by atoms with Crippen LogP contribution in [0.15, 0.2) is 60.9 Å². The average Bonchev–Trinajstić information content (AvgIpc) is 2.70. The highest BCUT2D eigenvalue weighted by molar-refractivity contribution is 6.04. The van der Waals surface area contributed by atoms with E-state index >= 15 is 0 Å². The number of benzene rings is 2. The largest absolute Gasteiger partial charge is 0.486 e. The minimum Gasteiger partial charge on any atom is -0.486 e. The fraction of sp³-hybridized carbons (Fsp3) is 0.143. The van der Waals surface area contributed by atoms with Crippen LogP contribution in [0.3, 0.4) is 0 Å². The molecule has 0 saturated heterocycles. The first-order valence-corrected chi connectivity index (χ1v) is 8.67. The van der Waals surface area contributed by atoms with Crippen molar-refractivity contribution in [3.63, 3.8) is 0 Å². The second-order valence-corrected chi connectivity index (χ2v) is 6.27. The molecule has 0 fully saturated rings. The van der Waals surface area contributed by atoms with Gasteiger partial charge in [0.1, 0.15) is 13.2 Å². The van der Waals surface area contributed by atoms with E-state index in [4.69, 9.17) is 9.47 Å². The molecule has 2 aromatic carbocycles. The minimum atomic E-state index is -0.244. The predicted octanol–water partition coefficient (Wildman–Crippen LogP) is 4.16. The van der Waals surface area contributed by atoms with Crippen LogP contribution >= 0.6 is 0 Å². The third kappa shape index (κ3) is 4.00. The number of aromatic nitrogens is 1. The number of nitrogens with zero attached hydrogens (tertiary/aromatic N) is 1. The van der Waals surface area contributed by atoms with E-state index in [0.717, 1.165) is 11.4 Å². The van der Waals surface area contributed by atoms with Gasteiger partial charge in [0.05, 0.1) is 17.4 Å². The van der Waals surface area contributed by atoms with Crippen LogP contribution in [-0.4, -0.2) is 24.1 Å². The molecule has 0 bridgehead atoms. The first-order valence-electron chi connectivity index (χ1n) is 8.67. The number of carbonyl (C=O) groups is 1. The van der Waals surface area contributed by atoms with Crippen LogP contribution in [0, 0.1) is 6.92 Å². The first-order chi connectivity index (χ1) is 13.2. The molecule has 6 heteroatoms. The Bertz CT molecular complexity index is 971. The van der Waals surface area contributed by atoms with Gasteiger partial charge in [-0.25, -0.2) is 0 Å². The third-order valence-electron chi connectivity index (χ3n) is 4.14. The van der Waals surface area contributed by atoms with E-state index in [2.05, 4.69) is 15.6 Å². The molecule has 1 aliphatic rings. The number of carbonyl (C=O) groups excluding carboxylic acids is 1. The van der Waals surface area contributed by atoms with Crippen LogP contribution in [0.1, 0.15) is 15.9 Å². The molecule has 0 radical (unpaired) electrons. The maximum Gasteiger partial charge on any atom is 0.257 e. The Balaban J connectivity index is 1.48.